The summed E-state index contributed by atoms with van der Waals surface area (Å²) in [5.41, 5.74) is -0.187. The van der Waals surface area contributed by atoms with Gasteiger partial charge in [-0.3, -0.25) is 14.4 Å². The summed E-state index contributed by atoms with van der Waals surface area (Å²) < 4.78 is 0. The van der Waals surface area contributed by atoms with E-state index in [0.717, 1.165) is 18.8 Å². The fourth-order valence-electron chi connectivity index (χ4n) is 8.49. The minimum atomic E-state index is -0.680. The predicted molar refractivity (Wildman–Crippen MR) is 135 cm³/mol. The van der Waals surface area contributed by atoms with Gasteiger partial charge in [0.05, 0.1) is 12.1 Å². The Morgan fingerprint density at radius 1 is 1.06 bits per heavy atom. The molecule has 2 amide bonds. The van der Waals surface area contributed by atoms with Crippen LogP contribution in [0.1, 0.15) is 58.8 Å². The van der Waals surface area contributed by atoms with E-state index in [1.165, 1.54) is 18.9 Å². The monoisotopic (exact) mass is 496 g/mol. The zero-order valence-electron chi connectivity index (χ0n) is 21.4. The maximum absolute atomic E-state index is 12.8. The van der Waals surface area contributed by atoms with Crippen molar-refractivity contribution in [3.63, 3.8) is 0 Å². The first kappa shape index (κ1) is 25.2. The number of nitrogens with one attached hydrogen (secondary N) is 2. The lowest BCUT2D eigenvalue weighted by Gasteiger charge is -2.44. The number of Topliss-reactive ketones (excluding diaryl/α,β-unsaturated/α-hetero) is 1. The molecule has 0 aromatic carbocycles. The van der Waals surface area contributed by atoms with Gasteiger partial charge in [0.15, 0.2) is 5.78 Å². The Kier molecular flexibility index (Phi) is 7.12. The summed E-state index contributed by atoms with van der Waals surface area (Å²) in [6, 6.07) is -0.680. The number of carbonyl (C=O) groups is 3. The molecule has 0 aromatic rings. The summed E-state index contributed by atoms with van der Waals surface area (Å²) >= 11 is 0. The van der Waals surface area contributed by atoms with Crippen LogP contribution in [-0.2, 0) is 14.4 Å². The summed E-state index contributed by atoms with van der Waals surface area (Å²) in [6.45, 7) is 5.05. The van der Waals surface area contributed by atoms with Crippen LogP contribution in [0.5, 0.6) is 0 Å². The Balaban J connectivity index is 1.46. The Labute approximate surface area is 213 Å². The van der Waals surface area contributed by atoms with Gasteiger partial charge in [-0.05, 0) is 98.0 Å². The van der Waals surface area contributed by atoms with Crippen LogP contribution in [0.25, 0.3) is 0 Å². The number of hydrogen-bond acceptors (Lipinski definition) is 5. The number of rotatable bonds is 1. The van der Waals surface area contributed by atoms with E-state index in [1.807, 2.05) is 12.2 Å². The van der Waals surface area contributed by atoms with Crippen LogP contribution in [0, 0.1) is 47.3 Å². The van der Waals surface area contributed by atoms with Gasteiger partial charge in [-0.25, -0.2) is 0 Å². The molecule has 4 N–H and O–H groups in total. The molecule has 36 heavy (non-hydrogen) atoms. The van der Waals surface area contributed by atoms with Crippen LogP contribution in [0.4, 0.5) is 0 Å². The van der Waals surface area contributed by atoms with E-state index in [0.29, 0.717) is 49.5 Å². The van der Waals surface area contributed by atoms with Crippen molar-refractivity contribution in [2.24, 2.45) is 47.3 Å². The number of amides is 2. The van der Waals surface area contributed by atoms with Crippen molar-refractivity contribution < 1.29 is 24.6 Å². The molecule has 0 radical (unpaired) electrons. The summed E-state index contributed by atoms with van der Waals surface area (Å²) in [5.74, 6) is 1.94. The quantitative estimate of drug-likeness (QED) is 0.416. The highest BCUT2D eigenvalue weighted by Gasteiger charge is 2.57. The number of ketones is 1. The van der Waals surface area contributed by atoms with Gasteiger partial charge in [0.2, 0.25) is 5.91 Å². The zero-order valence-corrected chi connectivity index (χ0v) is 21.4. The molecule has 7 nitrogen and oxygen atoms in total. The first-order valence-electron chi connectivity index (χ1n) is 13.9. The largest absolute Gasteiger partial charge is 0.507 e. The second-order valence-electron chi connectivity index (χ2n) is 11.8. The zero-order chi connectivity index (χ0) is 25.6. The molecule has 0 spiro atoms. The number of carbonyl (C=O) groups excluding carboxylic acids is 3. The van der Waals surface area contributed by atoms with Gasteiger partial charge < -0.3 is 20.8 Å². The normalized spacial score (nSPS) is 46.9. The lowest BCUT2D eigenvalue weighted by molar-refractivity contribution is -0.118. The summed E-state index contributed by atoms with van der Waals surface area (Å²) in [6.07, 6.45) is 12.3. The molecule has 7 heteroatoms. The van der Waals surface area contributed by atoms with Crippen molar-refractivity contribution in [3.05, 3.63) is 35.6 Å². The molecule has 2 heterocycles. The van der Waals surface area contributed by atoms with Crippen LogP contribution in [0.2, 0.25) is 0 Å². The lowest BCUT2D eigenvalue weighted by atomic mass is 9.62. The van der Waals surface area contributed by atoms with Gasteiger partial charge in [0.1, 0.15) is 11.3 Å². The van der Waals surface area contributed by atoms with Crippen LogP contribution < -0.4 is 10.6 Å². The van der Waals surface area contributed by atoms with Crippen molar-refractivity contribution in [2.75, 3.05) is 6.54 Å². The highest BCUT2D eigenvalue weighted by molar-refractivity contribution is 6.27. The molecule has 1 saturated heterocycles. The third-order valence-corrected chi connectivity index (χ3v) is 10.1. The van der Waals surface area contributed by atoms with E-state index < -0.39 is 23.8 Å². The number of fused-ring (bicyclic) bond motifs is 7. The van der Waals surface area contributed by atoms with Gasteiger partial charge in [0, 0.05) is 6.54 Å². The molecular formula is C29H40N2O5. The fourth-order valence-corrected chi connectivity index (χ4v) is 8.49. The van der Waals surface area contributed by atoms with Crippen LogP contribution >= 0.6 is 0 Å². The van der Waals surface area contributed by atoms with E-state index in [2.05, 4.69) is 24.5 Å². The third-order valence-electron chi connectivity index (χ3n) is 10.1. The van der Waals surface area contributed by atoms with Gasteiger partial charge in [-0.2, -0.15) is 0 Å². The van der Waals surface area contributed by atoms with E-state index in [4.69, 9.17) is 0 Å². The van der Waals surface area contributed by atoms with Crippen molar-refractivity contribution in [1.82, 2.24) is 10.6 Å². The summed E-state index contributed by atoms with van der Waals surface area (Å²) in [7, 11) is 0. The van der Waals surface area contributed by atoms with Gasteiger partial charge in [-0.1, -0.05) is 32.4 Å². The standard InChI is InChI=1S/C29H40N2O5/c1-3-16-12-18-13-20-19-6-4-8-24(34)30-11-5-7-21-28(35)27(29(36)31-21)22(32)10-9-17(19)14-23(33)26(20)25(18)15(16)2/h4,8-10,15-21,23,25-26,32-33H,3,5-7,11-14H2,1-2H3,(H,30,34)(H,31,36)/b8-4-,10-9+,27-22-/t15-,16+,17+,18+,19-,20+,21-,23-,25+,26-/m0/s1. The molecule has 2 bridgehead atoms. The van der Waals surface area contributed by atoms with Gasteiger partial charge >= 0.3 is 0 Å². The predicted octanol–water partition coefficient (Wildman–Crippen LogP) is 3.21. The molecular weight excluding hydrogens is 456 g/mol. The van der Waals surface area contributed by atoms with Crippen molar-refractivity contribution in [1.29, 1.82) is 0 Å². The Hall–Kier alpha value is -2.41. The second-order valence-corrected chi connectivity index (χ2v) is 11.8. The highest BCUT2D eigenvalue weighted by Crippen LogP contribution is 2.62. The summed E-state index contributed by atoms with van der Waals surface area (Å²) in [5, 5.41) is 27.6. The van der Waals surface area contributed by atoms with E-state index >= 15 is 0 Å². The molecule has 0 unspecified atom stereocenters. The molecule has 5 aliphatic rings. The number of aliphatic hydroxyl groups excluding tert-OH is 2. The number of aliphatic hydroxyl groups is 2. The average Bonchev–Trinajstić information content (AvgIpc) is 3.46. The molecule has 3 aliphatic carbocycles. The Morgan fingerprint density at radius 2 is 1.86 bits per heavy atom. The number of hydrogen-bond donors (Lipinski definition) is 4. The molecule has 5 rings (SSSR count). The molecule has 196 valence electrons. The maximum Gasteiger partial charge on any atom is 0.259 e. The van der Waals surface area contributed by atoms with E-state index in [-0.39, 0.29) is 35.0 Å². The first-order chi connectivity index (χ1) is 17.3. The van der Waals surface area contributed by atoms with E-state index in [1.54, 1.807) is 6.08 Å². The third kappa shape index (κ3) is 4.44. The van der Waals surface area contributed by atoms with Crippen LogP contribution in [0.3, 0.4) is 0 Å². The smallest absolute Gasteiger partial charge is 0.259 e. The van der Waals surface area contributed by atoms with Crippen molar-refractivity contribution >= 4 is 17.6 Å². The minimum Gasteiger partial charge on any atom is -0.507 e. The molecule has 10 atom stereocenters. The molecule has 4 fully saturated rings. The van der Waals surface area contributed by atoms with Crippen LogP contribution in [0.15, 0.2) is 35.6 Å². The second kappa shape index (κ2) is 10.2. The number of allylic oxidation sites excluding steroid dienone is 3. The fraction of sp³-hybridized carbons (Fsp3) is 0.690. The molecule has 2 aliphatic heterocycles. The minimum absolute atomic E-state index is 0.0175. The average molecular weight is 497 g/mol. The Morgan fingerprint density at radius 3 is 2.64 bits per heavy atom. The van der Waals surface area contributed by atoms with Gasteiger partial charge in [0.25, 0.3) is 5.91 Å². The lowest BCUT2D eigenvalue weighted by Crippen LogP contribution is -2.43. The summed E-state index contributed by atoms with van der Waals surface area (Å²) in [4.78, 5) is 37.6. The Bertz CT molecular complexity index is 1000. The van der Waals surface area contributed by atoms with Crippen molar-refractivity contribution in [3.8, 4) is 0 Å². The molecule has 3 saturated carbocycles. The topological polar surface area (TPSA) is 116 Å². The highest BCUT2D eigenvalue weighted by atomic mass is 16.3. The van der Waals surface area contributed by atoms with Crippen molar-refractivity contribution in [2.45, 2.75) is 70.9 Å². The van der Waals surface area contributed by atoms with E-state index in [9.17, 15) is 24.6 Å². The van der Waals surface area contributed by atoms with Gasteiger partial charge in [-0.15, -0.1) is 0 Å². The van der Waals surface area contributed by atoms with Crippen LogP contribution in [-0.4, -0.2) is 46.5 Å². The molecule has 0 aromatic heterocycles. The first-order valence-corrected chi connectivity index (χ1v) is 13.9. The maximum atomic E-state index is 12.8. The SMILES string of the molecule is CC[C@@H]1C[C@@H]2C[C@@H]3[C@H]4C/C=C\C(=O)NCCC[C@@H]5NC(=O)/C(=C(O)/C=C/[C@@H]4C[C@H](O)[C@H]3[C@@H]2[C@H]1C)C5=O.